The lowest BCUT2D eigenvalue weighted by molar-refractivity contribution is 0.0982. The van der Waals surface area contributed by atoms with Crippen LogP contribution in [0.3, 0.4) is 0 Å². The van der Waals surface area contributed by atoms with Crippen LogP contribution in [0.15, 0.2) is 97.3 Å². The zero-order valence-electron chi connectivity index (χ0n) is 19.5. The number of aromatic hydroxyl groups is 2. The molecule has 0 aliphatic carbocycles. The highest BCUT2D eigenvalue weighted by molar-refractivity contribution is 6.08. The molecule has 0 saturated heterocycles. The van der Waals surface area contributed by atoms with E-state index in [4.69, 9.17) is 0 Å². The van der Waals surface area contributed by atoms with Gasteiger partial charge in [-0.2, -0.15) is 0 Å². The van der Waals surface area contributed by atoms with Crippen LogP contribution in [0.4, 0.5) is 5.69 Å². The number of anilines is 1. The van der Waals surface area contributed by atoms with Gasteiger partial charge in [-0.15, -0.1) is 10.2 Å². The molecule has 3 aromatic carbocycles. The van der Waals surface area contributed by atoms with E-state index in [1.807, 2.05) is 84.4 Å². The molecule has 2 aromatic heterocycles. The van der Waals surface area contributed by atoms with Crippen LogP contribution in [0.1, 0.15) is 21.7 Å². The number of rotatable bonds is 6. The lowest BCUT2D eigenvalue weighted by Gasteiger charge is -2.24. The molecule has 178 valence electrons. The molecule has 0 bridgehead atoms. The number of nitrogens with zero attached hydrogens (tertiary/aromatic N) is 5. The highest BCUT2D eigenvalue weighted by Crippen LogP contribution is 2.29. The summed E-state index contributed by atoms with van der Waals surface area (Å²) in [7, 11) is 0. The van der Waals surface area contributed by atoms with Gasteiger partial charge in [0.15, 0.2) is 5.82 Å². The minimum absolute atomic E-state index is 0.101. The highest BCUT2D eigenvalue weighted by Gasteiger charge is 2.21. The zero-order valence-corrected chi connectivity index (χ0v) is 19.5. The number of carbonyl (C=O) groups excluding carboxylic acids is 1. The molecule has 0 aliphatic heterocycles. The molecule has 0 fully saturated rings. The first-order chi connectivity index (χ1) is 17.5. The summed E-state index contributed by atoms with van der Waals surface area (Å²) < 4.78 is 1.85. The first-order valence-corrected chi connectivity index (χ1v) is 11.3. The van der Waals surface area contributed by atoms with Gasteiger partial charge < -0.3 is 15.1 Å². The topological polar surface area (TPSA) is 104 Å². The Hall–Kier alpha value is -4.98. The molecule has 5 aromatic rings. The van der Waals surface area contributed by atoms with Crippen molar-refractivity contribution in [2.24, 2.45) is 0 Å². The maximum absolute atomic E-state index is 13.5. The summed E-state index contributed by atoms with van der Waals surface area (Å²) in [5.41, 5.74) is 3.23. The van der Waals surface area contributed by atoms with E-state index in [0.29, 0.717) is 23.7 Å². The molecular weight excluding hydrogens is 454 g/mol. The molecule has 1 amide bonds. The number of hydrogen-bond donors (Lipinski definition) is 2. The Morgan fingerprint density at radius 3 is 2.33 bits per heavy atom. The Labute approximate surface area is 207 Å². The van der Waals surface area contributed by atoms with E-state index in [0.717, 1.165) is 23.0 Å². The van der Waals surface area contributed by atoms with Crippen LogP contribution in [0.2, 0.25) is 0 Å². The van der Waals surface area contributed by atoms with Gasteiger partial charge in [0.2, 0.25) is 0 Å². The number of aryl methyl sites for hydroxylation is 1. The summed E-state index contributed by atoms with van der Waals surface area (Å²) in [6, 6.07) is 24.7. The van der Waals surface area contributed by atoms with Crippen molar-refractivity contribution in [3.05, 3.63) is 114 Å². The lowest BCUT2D eigenvalue weighted by atomic mass is 10.1. The summed E-state index contributed by atoms with van der Waals surface area (Å²) in [6.07, 6.45) is 3.54. The van der Waals surface area contributed by atoms with E-state index >= 15 is 0 Å². The highest BCUT2D eigenvalue weighted by atomic mass is 16.3. The molecule has 2 N–H and O–H groups in total. The number of amides is 1. The second kappa shape index (κ2) is 9.71. The van der Waals surface area contributed by atoms with Crippen molar-refractivity contribution < 1.29 is 15.0 Å². The van der Waals surface area contributed by atoms with E-state index in [-0.39, 0.29) is 23.0 Å². The number of imidazole rings is 1. The van der Waals surface area contributed by atoms with Crippen LogP contribution in [-0.2, 0) is 6.54 Å². The molecule has 36 heavy (non-hydrogen) atoms. The van der Waals surface area contributed by atoms with Crippen LogP contribution in [0, 0.1) is 6.92 Å². The molecule has 5 rings (SSSR count). The standard InChI is InChI=1S/C28H23N5O3/c1-19-29-15-16-32(19)27-14-13-25(30-31-27)21-7-9-22(10-8-21)33(18-20-5-3-2-4-6-20)28(36)24-12-11-23(34)17-26(24)35/h2-17,34-35H,18H2,1H3. The molecule has 0 unspecified atom stereocenters. The second-order valence-corrected chi connectivity index (χ2v) is 8.25. The molecule has 0 radical (unpaired) electrons. The number of phenolic OH excluding ortho intramolecular Hbond substituents is 2. The van der Waals surface area contributed by atoms with Crippen LogP contribution in [0.25, 0.3) is 17.1 Å². The molecule has 0 spiro atoms. The minimum Gasteiger partial charge on any atom is -0.508 e. The van der Waals surface area contributed by atoms with Crippen molar-refractivity contribution in [3.63, 3.8) is 0 Å². The van der Waals surface area contributed by atoms with Crippen LogP contribution in [0.5, 0.6) is 11.5 Å². The Bertz CT molecular complexity index is 1500. The Morgan fingerprint density at radius 1 is 0.917 bits per heavy atom. The van der Waals surface area contributed by atoms with Crippen LogP contribution < -0.4 is 4.90 Å². The average molecular weight is 478 g/mol. The fraction of sp³-hybridized carbons (Fsp3) is 0.0714. The average Bonchev–Trinajstić information content (AvgIpc) is 3.33. The van der Waals surface area contributed by atoms with Gasteiger partial charge in [-0.05, 0) is 48.9 Å². The summed E-state index contributed by atoms with van der Waals surface area (Å²) >= 11 is 0. The lowest BCUT2D eigenvalue weighted by Crippen LogP contribution is -2.30. The number of carbonyl (C=O) groups is 1. The van der Waals surface area contributed by atoms with E-state index in [9.17, 15) is 15.0 Å². The van der Waals surface area contributed by atoms with Gasteiger partial charge in [0, 0.05) is 29.7 Å². The quantitative estimate of drug-likeness (QED) is 0.361. The van der Waals surface area contributed by atoms with E-state index in [1.165, 1.54) is 12.1 Å². The normalized spacial score (nSPS) is 10.8. The van der Waals surface area contributed by atoms with E-state index < -0.39 is 0 Å². The van der Waals surface area contributed by atoms with Crippen molar-refractivity contribution in [3.8, 4) is 28.6 Å². The summed E-state index contributed by atoms with van der Waals surface area (Å²) in [5, 5.41) is 28.6. The van der Waals surface area contributed by atoms with E-state index in [2.05, 4.69) is 15.2 Å². The van der Waals surface area contributed by atoms with Crippen LogP contribution >= 0.6 is 0 Å². The number of aromatic nitrogens is 4. The predicted octanol–water partition coefficient (Wildman–Crippen LogP) is 4.90. The van der Waals surface area contributed by atoms with Gasteiger partial charge in [0.25, 0.3) is 5.91 Å². The maximum atomic E-state index is 13.5. The van der Waals surface area contributed by atoms with Gasteiger partial charge >= 0.3 is 0 Å². The fourth-order valence-electron chi connectivity index (χ4n) is 3.93. The predicted molar refractivity (Wildman–Crippen MR) is 136 cm³/mol. The third kappa shape index (κ3) is 4.65. The van der Waals surface area contributed by atoms with Gasteiger partial charge in [-0.1, -0.05) is 42.5 Å². The van der Waals surface area contributed by atoms with Crippen molar-refractivity contribution in [1.82, 2.24) is 19.7 Å². The van der Waals surface area contributed by atoms with Gasteiger partial charge in [-0.3, -0.25) is 9.36 Å². The van der Waals surface area contributed by atoms with Crippen molar-refractivity contribution >= 4 is 11.6 Å². The monoisotopic (exact) mass is 477 g/mol. The summed E-state index contributed by atoms with van der Waals surface area (Å²) in [4.78, 5) is 19.3. The molecule has 2 heterocycles. The molecule has 0 atom stereocenters. The molecule has 8 nitrogen and oxygen atoms in total. The number of phenols is 2. The SMILES string of the molecule is Cc1nccn1-c1ccc(-c2ccc(N(Cc3ccccc3)C(=O)c3ccc(O)cc3O)cc2)nn1. The first-order valence-electron chi connectivity index (χ1n) is 11.3. The third-order valence-electron chi connectivity index (χ3n) is 5.84. The van der Waals surface area contributed by atoms with Gasteiger partial charge in [-0.25, -0.2) is 4.98 Å². The van der Waals surface area contributed by atoms with Gasteiger partial charge in [0.05, 0.1) is 17.8 Å². The van der Waals surface area contributed by atoms with Crippen LogP contribution in [-0.4, -0.2) is 35.9 Å². The summed E-state index contributed by atoms with van der Waals surface area (Å²) in [6.45, 7) is 2.20. The third-order valence-corrected chi connectivity index (χ3v) is 5.84. The van der Waals surface area contributed by atoms with Crippen molar-refractivity contribution in [2.45, 2.75) is 13.5 Å². The largest absolute Gasteiger partial charge is 0.508 e. The number of benzene rings is 3. The Kier molecular flexibility index (Phi) is 6.15. The van der Waals surface area contributed by atoms with Crippen molar-refractivity contribution in [1.29, 1.82) is 0 Å². The Morgan fingerprint density at radius 2 is 1.69 bits per heavy atom. The van der Waals surface area contributed by atoms with Gasteiger partial charge in [0.1, 0.15) is 17.3 Å². The zero-order chi connectivity index (χ0) is 25.1. The van der Waals surface area contributed by atoms with E-state index in [1.54, 1.807) is 11.1 Å². The Balaban J connectivity index is 1.45. The second-order valence-electron chi connectivity index (χ2n) is 8.25. The van der Waals surface area contributed by atoms with Crippen molar-refractivity contribution in [2.75, 3.05) is 4.90 Å². The minimum atomic E-state index is -0.385. The maximum Gasteiger partial charge on any atom is 0.262 e. The number of hydrogen-bond acceptors (Lipinski definition) is 6. The smallest absolute Gasteiger partial charge is 0.262 e. The molecule has 8 heteroatoms. The fourth-order valence-corrected chi connectivity index (χ4v) is 3.93. The molecule has 0 saturated carbocycles. The summed E-state index contributed by atoms with van der Waals surface area (Å²) in [5.74, 6) is 0.725. The molecule has 0 aliphatic rings. The first kappa shape index (κ1) is 22.8. The molecular formula is C28H23N5O3.